The van der Waals surface area contributed by atoms with Gasteiger partial charge in [-0.25, -0.2) is 5.43 Å². The zero-order valence-electron chi connectivity index (χ0n) is 10.7. The van der Waals surface area contributed by atoms with Gasteiger partial charge in [0, 0.05) is 17.7 Å². The van der Waals surface area contributed by atoms with Gasteiger partial charge in [-0.2, -0.15) is 0 Å². The van der Waals surface area contributed by atoms with Gasteiger partial charge in [0.2, 0.25) is 0 Å². The first-order valence-electron chi connectivity index (χ1n) is 6.03. The molecule has 0 atom stereocenters. The van der Waals surface area contributed by atoms with Crippen molar-refractivity contribution in [1.29, 1.82) is 0 Å². The van der Waals surface area contributed by atoms with E-state index in [2.05, 4.69) is 10.9 Å². The number of aromatic hydroxyl groups is 1. The molecule has 0 fully saturated rings. The summed E-state index contributed by atoms with van der Waals surface area (Å²) in [6.07, 6.45) is 0. The lowest BCUT2D eigenvalue weighted by Gasteiger charge is -2.08. The maximum Gasteiger partial charge on any atom is 0.265 e. The molecule has 0 radical (unpaired) electrons. The van der Waals surface area contributed by atoms with Gasteiger partial charge < -0.3 is 5.11 Å². The number of carbonyl (C=O) groups excluding carboxylic acids is 1. The van der Waals surface area contributed by atoms with Gasteiger partial charge >= 0.3 is 0 Å². The van der Waals surface area contributed by atoms with Crippen LogP contribution in [0.15, 0.2) is 48.5 Å². The predicted octanol–water partition coefficient (Wildman–Crippen LogP) is 2.14. The second-order valence-corrected chi connectivity index (χ2v) is 4.30. The number of aryl methyl sites for hydroxylation is 1. The Morgan fingerprint density at radius 3 is 2.47 bits per heavy atom. The number of hydrogen-bond donors (Lipinski definition) is 3. The number of hydrogen-bond acceptors (Lipinski definition) is 3. The third kappa shape index (κ3) is 3.56. The summed E-state index contributed by atoms with van der Waals surface area (Å²) in [5.41, 5.74) is 7.82. The average molecular weight is 256 g/mol. The molecule has 2 aromatic rings. The molecular weight excluding hydrogens is 240 g/mol. The summed E-state index contributed by atoms with van der Waals surface area (Å²) < 4.78 is 0. The Labute approximate surface area is 112 Å². The van der Waals surface area contributed by atoms with Crippen LogP contribution in [0.3, 0.4) is 0 Å². The molecule has 0 spiro atoms. The third-order valence-electron chi connectivity index (χ3n) is 2.79. The molecule has 0 aliphatic carbocycles. The van der Waals surface area contributed by atoms with Gasteiger partial charge in [-0.1, -0.05) is 35.9 Å². The second kappa shape index (κ2) is 6.02. The smallest absolute Gasteiger partial charge is 0.265 e. The quantitative estimate of drug-likeness (QED) is 0.734. The molecule has 0 saturated heterocycles. The molecule has 98 valence electrons. The fourth-order valence-corrected chi connectivity index (χ4v) is 1.66. The van der Waals surface area contributed by atoms with Gasteiger partial charge in [0.1, 0.15) is 5.75 Å². The van der Waals surface area contributed by atoms with E-state index in [1.54, 1.807) is 30.3 Å². The van der Waals surface area contributed by atoms with E-state index in [4.69, 9.17) is 0 Å². The monoisotopic (exact) mass is 256 g/mol. The number of para-hydroxylation sites is 1. The van der Waals surface area contributed by atoms with Crippen LogP contribution < -0.4 is 10.9 Å². The third-order valence-corrected chi connectivity index (χ3v) is 2.79. The van der Waals surface area contributed by atoms with Crippen molar-refractivity contribution < 1.29 is 9.90 Å². The summed E-state index contributed by atoms with van der Waals surface area (Å²) >= 11 is 0. The number of benzene rings is 2. The molecule has 3 N–H and O–H groups in total. The first-order valence-corrected chi connectivity index (χ1v) is 6.03. The Morgan fingerprint density at radius 2 is 1.79 bits per heavy atom. The average Bonchev–Trinajstić information content (AvgIpc) is 2.41. The van der Waals surface area contributed by atoms with Crippen molar-refractivity contribution >= 4 is 5.91 Å². The lowest BCUT2D eigenvalue weighted by atomic mass is 10.1. The van der Waals surface area contributed by atoms with Crippen LogP contribution in [0.1, 0.15) is 21.5 Å². The van der Waals surface area contributed by atoms with E-state index in [0.29, 0.717) is 12.1 Å². The zero-order valence-corrected chi connectivity index (χ0v) is 10.7. The Balaban J connectivity index is 1.88. The Kier molecular flexibility index (Phi) is 4.15. The number of nitrogens with one attached hydrogen (secondary N) is 2. The molecule has 0 saturated carbocycles. The molecule has 0 heterocycles. The highest BCUT2D eigenvalue weighted by Gasteiger charge is 2.04. The molecular formula is C15H16N2O2. The summed E-state index contributed by atoms with van der Waals surface area (Å²) in [5, 5.41) is 9.57. The van der Waals surface area contributed by atoms with Crippen molar-refractivity contribution in [2.24, 2.45) is 0 Å². The summed E-state index contributed by atoms with van der Waals surface area (Å²) in [6.45, 7) is 2.34. The van der Waals surface area contributed by atoms with Gasteiger partial charge in [-0.3, -0.25) is 10.2 Å². The molecule has 0 aliphatic rings. The van der Waals surface area contributed by atoms with E-state index in [-0.39, 0.29) is 11.7 Å². The van der Waals surface area contributed by atoms with Crippen LogP contribution in [0.4, 0.5) is 0 Å². The van der Waals surface area contributed by atoms with Gasteiger partial charge in [0.05, 0.1) is 0 Å². The molecule has 19 heavy (non-hydrogen) atoms. The minimum atomic E-state index is -0.199. The number of phenolic OH excluding ortho intramolecular Hbond substituents is 1. The van der Waals surface area contributed by atoms with E-state index >= 15 is 0 Å². The topological polar surface area (TPSA) is 61.4 Å². The van der Waals surface area contributed by atoms with Crippen LogP contribution in [0.2, 0.25) is 0 Å². The first kappa shape index (κ1) is 13.1. The van der Waals surface area contributed by atoms with Crippen LogP contribution in [-0.2, 0) is 6.54 Å². The Hall–Kier alpha value is -2.33. The minimum absolute atomic E-state index is 0.199. The van der Waals surface area contributed by atoms with E-state index in [9.17, 15) is 9.90 Å². The van der Waals surface area contributed by atoms with Crippen LogP contribution in [0.5, 0.6) is 5.75 Å². The van der Waals surface area contributed by atoms with Crippen LogP contribution in [0.25, 0.3) is 0 Å². The van der Waals surface area contributed by atoms with Crippen molar-refractivity contribution in [1.82, 2.24) is 10.9 Å². The molecule has 0 aromatic heterocycles. The lowest BCUT2D eigenvalue weighted by Crippen LogP contribution is -2.36. The maximum atomic E-state index is 11.8. The van der Waals surface area contributed by atoms with Crippen molar-refractivity contribution in [3.8, 4) is 5.75 Å². The minimum Gasteiger partial charge on any atom is -0.508 e. The summed E-state index contributed by atoms with van der Waals surface area (Å²) in [4.78, 5) is 11.8. The Bertz CT molecular complexity index is 565. The molecule has 0 bridgehead atoms. The van der Waals surface area contributed by atoms with E-state index in [1.807, 2.05) is 25.1 Å². The van der Waals surface area contributed by atoms with Crippen LogP contribution in [0, 0.1) is 6.92 Å². The highest BCUT2D eigenvalue weighted by molar-refractivity contribution is 5.93. The largest absolute Gasteiger partial charge is 0.508 e. The number of carbonyl (C=O) groups is 1. The molecule has 4 nitrogen and oxygen atoms in total. The number of rotatable bonds is 4. The van der Waals surface area contributed by atoms with Crippen LogP contribution in [-0.4, -0.2) is 11.0 Å². The zero-order chi connectivity index (χ0) is 13.7. The fourth-order valence-electron chi connectivity index (χ4n) is 1.66. The number of hydrazine groups is 1. The number of amides is 1. The SMILES string of the molecule is Cc1ccc(C(=O)NNCc2ccccc2O)cc1. The molecule has 4 heteroatoms. The lowest BCUT2D eigenvalue weighted by molar-refractivity contribution is 0.0932. The standard InChI is InChI=1S/C15H16N2O2/c1-11-6-8-12(9-7-11)15(19)17-16-10-13-4-2-3-5-14(13)18/h2-9,16,18H,10H2,1H3,(H,17,19). The second-order valence-electron chi connectivity index (χ2n) is 4.30. The summed E-state index contributed by atoms with van der Waals surface area (Å²) in [6, 6.07) is 14.3. The van der Waals surface area contributed by atoms with Gasteiger partial charge in [0.15, 0.2) is 0 Å². The van der Waals surface area contributed by atoms with E-state index < -0.39 is 0 Å². The van der Waals surface area contributed by atoms with Gasteiger partial charge in [-0.15, -0.1) is 0 Å². The van der Waals surface area contributed by atoms with Gasteiger partial charge in [-0.05, 0) is 25.1 Å². The van der Waals surface area contributed by atoms with Crippen molar-refractivity contribution in [3.05, 3.63) is 65.2 Å². The van der Waals surface area contributed by atoms with Crippen LogP contribution >= 0.6 is 0 Å². The normalized spacial score (nSPS) is 10.2. The molecule has 1 amide bonds. The van der Waals surface area contributed by atoms with E-state index in [0.717, 1.165) is 11.1 Å². The first-order chi connectivity index (χ1) is 9.16. The fraction of sp³-hybridized carbons (Fsp3) is 0.133. The van der Waals surface area contributed by atoms with E-state index in [1.165, 1.54) is 0 Å². The molecule has 2 rings (SSSR count). The predicted molar refractivity (Wildman–Crippen MR) is 73.6 cm³/mol. The van der Waals surface area contributed by atoms with Crippen molar-refractivity contribution in [3.63, 3.8) is 0 Å². The Morgan fingerprint density at radius 1 is 1.11 bits per heavy atom. The highest BCUT2D eigenvalue weighted by Crippen LogP contribution is 2.14. The molecule has 0 aliphatic heterocycles. The van der Waals surface area contributed by atoms with Crippen molar-refractivity contribution in [2.45, 2.75) is 13.5 Å². The highest BCUT2D eigenvalue weighted by atomic mass is 16.3. The van der Waals surface area contributed by atoms with Gasteiger partial charge in [0.25, 0.3) is 5.91 Å². The summed E-state index contributed by atoms with van der Waals surface area (Å²) in [7, 11) is 0. The molecule has 0 unspecified atom stereocenters. The maximum absolute atomic E-state index is 11.8. The molecule has 2 aromatic carbocycles. The van der Waals surface area contributed by atoms with Crippen molar-refractivity contribution in [2.75, 3.05) is 0 Å². The summed E-state index contributed by atoms with van der Waals surface area (Å²) in [5.74, 6) is 0.00926. The number of phenols is 1.